The van der Waals surface area contributed by atoms with Crippen LogP contribution in [-0.2, 0) is 6.54 Å². The Morgan fingerprint density at radius 2 is 2.20 bits per heavy atom. The Morgan fingerprint density at radius 1 is 1.47 bits per heavy atom. The third-order valence-electron chi connectivity index (χ3n) is 2.95. The molecule has 3 heteroatoms. The molecule has 0 saturated heterocycles. The first-order chi connectivity index (χ1) is 7.22. The summed E-state index contributed by atoms with van der Waals surface area (Å²) in [7, 11) is 0. The minimum absolute atomic E-state index is 0.809. The van der Waals surface area contributed by atoms with Gasteiger partial charge in [-0.25, -0.2) is 0 Å². The second-order valence-corrected chi connectivity index (χ2v) is 4.91. The van der Waals surface area contributed by atoms with Gasteiger partial charge in [-0.15, -0.1) is 0 Å². The summed E-state index contributed by atoms with van der Waals surface area (Å²) in [5.74, 6) is 0. The fourth-order valence-corrected chi connectivity index (χ4v) is 2.27. The third kappa shape index (κ3) is 2.52. The summed E-state index contributed by atoms with van der Waals surface area (Å²) in [6, 6.07) is 6.91. The number of hydrogen-bond donors (Lipinski definition) is 1. The van der Waals surface area contributed by atoms with Crippen molar-refractivity contribution in [2.24, 2.45) is 0 Å². The van der Waals surface area contributed by atoms with Crippen LogP contribution in [0.25, 0.3) is 0 Å². The molecule has 0 amide bonds. The zero-order chi connectivity index (χ0) is 10.8. The van der Waals surface area contributed by atoms with E-state index < -0.39 is 0 Å². The molecule has 0 unspecified atom stereocenters. The number of anilines is 1. The number of nitrogens with zero attached hydrogens (tertiary/aromatic N) is 1. The summed E-state index contributed by atoms with van der Waals surface area (Å²) in [6.45, 7) is 4.34. The molecule has 1 aromatic rings. The maximum Gasteiger partial charge on any atom is 0.0461 e. The van der Waals surface area contributed by atoms with E-state index in [1.165, 1.54) is 18.4 Å². The van der Waals surface area contributed by atoms with E-state index in [0.29, 0.717) is 0 Å². The van der Waals surface area contributed by atoms with Crippen LogP contribution in [0.15, 0.2) is 22.7 Å². The minimum Gasteiger partial charge on any atom is -0.398 e. The molecule has 15 heavy (non-hydrogen) atoms. The molecule has 1 fully saturated rings. The Hall–Kier alpha value is -0.540. The largest absolute Gasteiger partial charge is 0.398 e. The van der Waals surface area contributed by atoms with Crippen molar-refractivity contribution in [1.82, 2.24) is 4.90 Å². The molecule has 1 aliphatic rings. The van der Waals surface area contributed by atoms with Gasteiger partial charge in [0.25, 0.3) is 0 Å². The molecule has 0 aromatic heterocycles. The van der Waals surface area contributed by atoms with Gasteiger partial charge in [-0.05, 0) is 46.9 Å². The fraction of sp³-hybridized carbons (Fsp3) is 0.500. The van der Waals surface area contributed by atoms with E-state index in [0.717, 1.165) is 29.3 Å². The number of nitrogens with two attached hydrogens (primary N) is 1. The van der Waals surface area contributed by atoms with Crippen LogP contribution in [0.5, 0.6) is 0 Å². The zero-order valence-corrected chi connectivity index (χ0v) is 10.6. The number of benzene rings is 1. The minimum atomic E-state index is 0.809. The van der Waals surface area contributed by atoms with Gasteiger partial charge in [0.05, 0.1) is 0 Å². The second-order valence-electron chi connectivity index (χ2n) is 4.11. The molecular weight excluding hydrogens is 252 g/mol. The van der Waals surface area contributed by atoms with Crippen molar-refractivity contribution in [3.8, 4) is 0 Å². The lowest BCUT2D eigenvalue weighted by Crippen LogP contribution is -2.25. The Kier molecular flexibility index (Phi) is 3.32. The van der Waals surface area contributed by atoms with E-state index in [1.807, 2.05) is 12.1 Å². The van der Waals surface area contributed by atoms with Crippen molar-refractivity contribution in [3.05, 3.63) is 28.2 Å². The van der Waals surface area contributed by atoms with Crippen molar-refractivity contribution < 1.29 is 0 Å². The van der Waals surface area contributed by atoms with Gasteiger partial charge in [-0.2, -0.15) is 0 Å². The first-order valence-electron chi connectivity index (χ1n) is 5.49. The van der Waals surface area contributed by atoms with Gasteiger partial charge in [-0.3, -0.25) is 4.90 Å². The van der Waals surface area contributed by atoms with Crippen molar-refractivity contribution in [1.29, 1.82) is 0 Å². The molecule has 0 bridgehead atoms. The lowest BCUT2D eigenvalue weighted by molar-refractivity contribution is 0.269. The zero-order valence-electron chi connectivity index (χ0n) is 9.04. The van der Waals surface area contributed by atoms with E-state index in [4.69, 9.17) is 5.73 Å². The Balaban J connectivity index is 2.11. The topological polar surface area (TPSA) is 29.3 Å². The Bertz CT molecular complexity index is 347. The van der Waals surface area contributed by atoms with E-state index in [1.54, 1.807) is 0 Å². The summed E-state index contributed by atoms with van der Waals surface area (Å²) in [5, 5.41) is 0. The van der Waals surface area contributed by atoms with E-state index in [-0.39, 0.29) is 0 Å². The summed E-state index contributed by atoms with van der Waals surface area (Å²) in [4.78, 5) is 2.51. The SMILES string of the molecule is CCN(Cc1cccc(N)c1Br)C1CC1. The molecule has 1 aliphatic carbocycles. The molecule has 1 aromatic carbocycles. The van der Waals surface area contributed by atoms with Crippen LogP contribution in [-0.4, -0.2) is 17.5 Å². The van der Waals surface area contributed by atoms with Crippen molar-refractivity contribution in [2.75, 3.05) is 12.3 Å². The fourth-order valence-electron chi connectivity index (χ4n) is 1.88. The van der Waals surface area contributed by atoms with Gasteiger partial charge in [0.2, 0.25) is 0 Å². The van der Waals surface area contributed by atoms with Crippen LogP contribution in [0.4, 0.5) is 5.69 Å². The highest BCUT2D eigenvalue weighted by molar-refractivity contribution is 9.10. The van der Waals surface area contributed by atoms with Crippen molar-refractivity contribution in [3.63, 3.8) is 0 Å². The van der Waals surface area contributed by atoms with E-state index >= 15 is 0 Å². The first-order valence-corrected chi connectivity index (χ1v) is 6.28. The Morgan fingerprint density at radius 3 is 2.80 bits per heavy atom. The van der Waals surface area contributed by atoms with Gasteiger partial charge in [-0.1, -0.05) is 19.1 Å². The molecule has 82 valence electrons. The van der Waals surface area contributed by atoms with Crippen LogP contribution in [0.3, 0.4) is 0 Å². The monoisotopic (exact) mass is 268 g/mol. The molecule has 0 aliphatic heterocycles. The van der Waals surface area contributed by atoms with Gasteiger partial charge in [0.1, 0.15) is 0 Å². The van der Waals surface area contributed by atoms with Crippen LogP contribution < -0.4 is 5.73 Å². The summed E-state index contributed by atoms with van der Waals surface area (Å²) >= 11 is 3.56. The van der Waals surface area contributed by atoms with Crippen LogP contribution in [0, 0.1) is 0 Å². The number of halogens is 1. The number of rotatable bonds is 4. The molecule has 2 rings (SSSR count). The summed E-state index contributed by atoms with van der Waals surface area (Å²) < 4.78 is 1.06. The first kappa shape index (κ1) is 11.0. The quantitative estimate of drug-likeness (QED) is 0.851. The average molecular weight is 269 g/mol. The highest BCUT2D eigenvalue weighted by atomic mass is 79.9. The lowest BCUT2D eigenvalue weighted by Gasteiger charge is -2.20. The summed E-state index contributed by atoms with van der Waals surface area (Å²) in [6.07, 6.45) is 2.71. The van der Waals surface area contributed by atoms with Crippen LogP contribution in [0.2, 0.25) is 0 Å². The lowest BCUT2D eigenvalue weighted by atomic mass is 10.2. The smallest absolute Gasteiger partial charge is 0.0461 e. The van der Waals surface area contributed by atoms with Crippen molar-refractivity contribution >= 4 is 21.6 Å². The number of nitrogen functional groups attached to an aromatic ring is 1. The molecule has 2 N–H and O–H groups in total. The maximum atomic E-state index is 5.86. The molecule has 1 saturated carbocycles. The van der Waals surface area contributed by atoms with E-state index in [2.05, 4.69) is 33.8 Å². The third-order valence-corrected chi connectivity index (χ3v) is 3.92. The van der Waals surface area contributed by atoms with Gasteiger partial charge >= 0.3 is 0 Å². The molecular formula is C12H17BrN2. The van der Waals surface area contributed by atoms with Crippen LogP contribution in [0.1, 0.15) is 25.3 Å². The summed E-state index contributed by atoms with van der Waals surface area (Å²) in [5.41, 5.74) is 7.99. The highest BCUT2D eigenvalue weighted by Crippen LogP contribution is 2.31. The maximum absolute atomic E-state index is 5.86. The predicted molar refractivity (Wildman–Crippen MR) is 67.7 cm³/mol. The van der Waals surface area contributed by atoms with Crippen molar-refractivity contribution in [2.45, 2.75) is 32.4 Å². The van der Waals surface area contributed by atoms with Gasteiger partial charge in [0, 0.05) is 22.7 Å². The van der Waals surface area contributed by atoms with Crippen LogP contribution >= 0.6 is 15.9 Å². The molecule has 0 spiro atoms. The molecule has 0 radical (unpaired) electrons. The van der Waals surface area contributed by atoms with Gasteiger partial charge in [0.15, 0.2) is 0 Å². The molecule has 2 nitrogen and oxygen atoms in total. The van der Waals surface area contributed by atoms with Gasteiger partial charge < -0.3 is 5.73 Å². The second kappa shape index (κ2) is 4.54. The predicted octanol–water partition coefficient (Wildman–Crippen LogP) is 3.02. The Labute approximate surface area is 99.6 Å². The van der Waals surface area contributed by atoms with E-state index in [9.17, 15) is 0 Å². The molecule has 0 atom stereocenters. The average Bonchev–Trinajstić information content (AvgIpc) is 3.04. The highest BCUT2D eigenvalue weighted by Gasteiger charge is 2.27. The molecule has 0 heterocycles. The number of hydrogen-bond acceptors (Lipinski definition) is 2. The standard InChI is InChI=1S/C12H17BrN2/c1-2-15(10-6-7-10)8-9-4-3-5-11(14)12(9)13/h3-5,10H,2,6-8,14H2,1H3. The normalized spacial score (nSPS) is 15.9.